The van der Waals surface area contributed by atoms with Gasteiger partial charge in [0, 0.05) is 16.8 Å². The van der Waals surface area contributed by atoms with Gasteiger partial charge >= 0.3 is 5.97 Å². The number of hydrogen-bond donors (Lipinski definition) is 0. The number of esters is 1. The van der Waals surface area contributed by atoms with Crippen LogP contribution in [0.3, 0.4) is 0 Å². The number of ketones is 1. The zero-order chi connectivity index (χ0) is 21.1. The Kier molecular flexibility index (Phi) is 5.97. The van der Waals surface area contributed by atoms with E-state index in [1.165, 1.54) is 0 Å². The van der Waals surface area contributed by atoms with E-state index >= 15 is 0 Å². The number of para-hydroxylation sites is 1. The first-order valence-electron chi connectivity index (χ1n) is 9.69. The predicted molar refractivity (Wildman–Crippen MR) is 113 cm³/mol. The van der Waals surface area contributed by atoms with Crippen LogP contribution in [0.5, 0.6) is 0 Å². The molecule has 0 aliphatic heterocycles. The molecule has 3 aromatic rings. The second kappa shape index (κ2) is 8.43. The van der Waals surface area contributed by atoms with Crippen molar-refractivity contribution in [1.82, 2.24) is 9.78 Å². The van der Waals surface area contributed by atoms with Crippen LogP contribution in [0.1, 0.15) is 45.4 Å². The minimum absolute atomic E-state index is 0.0783. The fraction of sp³-hybridized carbons (Fsp3) is 0.292. The van der Waals surface area contributed by atoms with Crippen LogP contribution in [0.4, 0.5) is 0 Å². The Morgan fingerprint density at radius 3 is 2.41 bits per heavy atom. The van der Waals surface area contributed by atoms with Crippen LogP contribution >= 0.6 is 0 Å². The van der Waals surface area contributed by atoms with Crippen molar-refractivity contribution in [1.29, 1.82) is 0 Å². The highest BCUT2D eigenvalue weighted by molar-refractivity contribution is 6.01. The molecule has 0 N–H and O–H groups in total. The lowest BCUT2D eigenvalue weighted by Gasteiger charge is -2.14. The third kappa shape index (κ3) is 4.45. The molecule has 0 unspecified atom stereocenters. The topological polar surface area (TPSA) is 61.2 Å². The Bertz CT molecular complexity index is 1050. The minimum Gasteiger partial charge on any atom is -0.454 e. The molecule has 150 valence electrons. The van der Waals surface area contributed by atoms with Gasteiger partial charge in [0.25, 0.3) is 0 Å². The molecular weight excluding hydrogens is 364 g/mol. The van der Waals surface area contributed by atoms with Gasteiger partial charge < -0.3 is 4.74 Å². The summed E-state index contributed by atoms with van der Waals surface area (Å²) in [5.74, 6) is -0.622. The number of benzene rings is 2. The molecule has 0 saturated carbocycles. The number of aromatic nitrogens is 2. The molecule has 1 heterocycles. The summed E-state index contributed by atoms with van der Waals surface area (Å²) in [6.45, 7) is 9.24. The van der Waals surface area contributed by atoms with E-state index in [1.807, 2.05) is 80.9 Å². The number of rotatable bonds is 6. The maximum Gasteiger partial charge on any atom is 0.311 e. The van der Waals surface area contributed by atoms with Crippen molar-refractivity contribution < 1.29 is 14.3 Å². The zero-order valence-corrected chi connectivity index (χ0v) is 17.5. The SMILES string of the molecule is Cc1ccc(C)c(C(=O)[C@@H](C)OC(=O)Cc2c(C)nn(-c3ccccc3)c2C)c1. The molecular formula is C24H26N2O3. The quantitative estimate of drug-likeness (QED) is 0.460. The van der Waals surface area contributed by atoms with Crippen LogP contribution in [0, 0.1) is 27.7 Å². The average molecular weight is 390 g/mol. The first kappa shape index (κ1) is 20.5. The molecule has 0 amide bonds. The highest BCUT2D eigenvalue weighted by Gasteiger charge is 2.23. The highest BCUT2D eigenvalue weighted by atomic mass is 16.5. The lowest BCUT2D eigenvalue weighted by Crippen LogP contribution is -2.26. The van der Waals surface area contributed by atoms with Crippen molar-refractivity contribution in [2.24, 2.45) is 0 Å². The van der Waals surface area contributed by atoms with E-state index in [9.17, 15) is 9.59 Å². The molecule has 1 aromatic heterocycles. The van der Waals surface area contributed by atoms with Crippen LogP contribution in [0.2, 0.25) is 0 Å². The maximum atomic E-state index is 12.7. The molecule has 5 nitrogen and oxygen atoms in total. The molecule has 0 spiro atoms. The van der Waals surface area contributed by atoms with E-state index in [1.54, 1.807) is 6.92 Å². The van der Waals surface area contributed by atoms with Crippen molar-refractivity contribution in [3.63, 3.8) is 0 Å². The summed E-state index contributed by atoms with van der Waals surface area (Å²) in [6.07, 6.45) is -0.762. The van der Waals surface area contributed by atoms with Crippen molar-refractivity contribution >= 4 is 11.8 Å². The number of carbonyl (C=O) groups is 2. The van der Waals surface area contributed by atoms with E-state index < -0.39 is 12.1 Å². The first-order chi connectivity index (χ1) is 13.8. The smallest absolute Gasteiger partial charge is 0.311 e. The maximum absolute atomic E-state index is 12.7. The van der Waals surface area contributed by atoms with Gasteiger partial charge in [-0.25, -0.2) is 4.68 Å². The zero-order valence-electron chi connectivity index (χ0n) is 17.5. The lowest BCUT2D eigenvalue weighted by molar-refractivity contribution is -0.145. The van der Waals surface area contributed by atoms with Gasteiger partial charge in [0.1, 0.15) is 0 Å². The van der Waals surface area contributed by atoms with Gasteiger partial charge in [0.15, 0.2) is 6.10 Å². The fourth-order valence-electron chi connectivity index (χ4n) is 3.41. The van der Waals surface area contributed by atoms with E-state index in [-0.39, 0.29) is 12.2 Å². The van der Waals surface area contributed by atoms with Gasteiger partial charge in [-0.3, -0.25) is 9.59 Å². The van der Waals surface area contributed by atoms with Crippen molar-refractivity contribution in [3.05, 3.63) is 82.2 Å². The van der Waals surface area contributed by atoms with Gasteiger partial charge in [-0.05, 0) is 58.4 Å². The number of nitrogens with zero attached hydrogens (tertiary/aromatic N) is 2. The van der Waals surface area contributed by atoms with Crippen molar-refractivity contribution in [2.75, 3.05) is 0 Å². The summed E-state index contributed by atoms with van der Waals surface area (Å²) < 4.78 is 7.29. The fourth-order valence-corrected chi connectivity index (χ4v) is 3.41. The summed E-state index contributed by atoms with van der Waals surface area (Å²) in [5.41, 5.74) is 5.89. The molecule has 2 aromatic carbocycles. The van der Waals surface area contributed by atoms with Gasteiger partial charge in [-0.2, -0.15) is 5.10 Å². The number of Topliss-reactive ketones (excluding diaryl/α,β-unsaturated/α-hetero) is 1. The molecule has 0 fully saturated rings. The third-order valence-electron chi connectivity index (χ3n) is 5.10. The number of carbonyl (C=O) groups excluding carboxylic acids is 2. The summed E-state index contributed by atoms with van der Waals surface area (Å²) >= 11 is 0. The number of ether oxygens (including phenoxy) is 1. The van der Waals surface area contributed by atoms with Crippen LogP contribution in [-0.2, 0) is 16.0 Å². The van der Waals surface area contributed by atoms with E-state index in [2.05, 4.69) is 5.10 Å². The van der Waals surface area contributed by atoms with Gasteiger partial charge in [0.05, 0.1) is 17.8 Å². The van der Waals surface area contributed by atoms with E-state index in [4.69, 9.17) is 4.74 Å². The lowest BCUT2D eigenvalue weighted by atomic mass is 9.99. The molecule has 0 aliphatic carbocycles. The minimum atomic E-state index is -0.840. The number of hydrogen-bond acceptors (Lipinski definition) is 4. The Balaban J connectivity index is 1.73. The normalized spacial score (nSPS) is 11.9. The summed E-state index contributed by atoms with van der Waals surface area (Å²) in [4.78, 5) is 25.3. The molecule has 0 bridgehead atoms. The predicted octanol–water partition coefficient (Wildman–Crippen LogP) is 4.46. The Labute approximate surface area is 171 Å². The molecule has 0 radical (unpaired) electrons. The molecule has 29 heavy (non-hydrogen) atoms. The van der Waals surface area contributed by atoms with Crippen molar-refractivity contribution in [3.8, 4) is 5.69 Å². The van der Waals surface area contributed by atoms with Crippen molar-refractivity contribution in [2.45, 2.75) is 47.1 Å². The molecule has 5 heteroatoms. The molecule has 0 saturated heterocycles. The molecule has 1 atom stereocenters. The van der Waals surface area contributed by atoms with Gasteiger partial charge in [-0.15, -0.1) is 0 Å². The highest BCUT2D eigenvalue weighted by Crippen LogP contribution is 2.20. The Hall–Kier alpha value is -3.21. The van der Waals surface area contributed by atoms with Crippen LogP contribution in [-0.4, -0.2) is 27.6 Å². The Morgan fingerprint density at radius 1 is 1.03 bits per heavy atom. The second-order valence-corrected chi connectivity index (χ2v) is 7.39. The monoisotopic (exact) mass is 390 g/mol. The summed E-state index contributed by atoms with van der Waals surface area (Å²) in [6, 6.07) is 15.5. The summed E-state index contributed by atoms with van der Waals surface area (Å²) in [5, 5.41) is 4.56. The van der Waals surface area contributed by atoms with Crippen LogP contribution < -0.4 is 0 Å². The molecule has 3 rings (SSSR count). The molecule has 0 aliphatic rings. The average Bonchev–Trinajstić information content (AvgIpc) is 2.98. The Morgan fingerprint density at radius 2 is 1.72 bits per heavy atom. The summed E-state index contributed by atoms with van der Waals surface area (Å²) in [7, 11) is 0. The number of aryl methyl sites for hydroxylation is 3. The van der Waals surface area contributed by atoms with Gasteiger partial charge in [-0.1, -0.05) is 35.9 Å². The van der Waals surface area contributed by atoms with E-state index in [0.717, 1.165) is 33.8 Å². The largest absolute Gasteiger partial charge is 0.454 e. The first-order valence-corrected chi connectivity index (χ1v) is 9.69. The standard InChI is InChI=1S/C24H26N2O3/c1-15-11-12-16(2)21(13-15)24(28)19(5)29-23(27)14-22-17(3)25-26(18(22)4)20-9-7-6-8-10-20/h6-13,19H,14H2,1-5H3/t19-/m1/s1. The van der Waals surface area contributed by atoms with E-state index in [0.29, 0.717) is 5.56 Å². The second-order valence-electron chi connectivity index (χ2n) is 7.39. The van der Waals surface area contributed by atoms with Crippen LogP contribution in [0.25, 0.3) is 5.69 Å². The van der Waals surface area contributed by atoms with Crippen LogP contribution in [0.15, 0.2) is 48.5 Å². The third-order valence-corrected chi connectivity index (χ3v) is 5.10. The van der Waals surface area contributed by atoms with Gasteiger partial charge in [0.2, 0.25) is 5.78 Å².